The van der Waals surface area contributed by atoms with E-state index in [0.29, 0.717) is 5.89 Å². The Balaban J connectivity index is 2.19. The highest BCUT2D eigenvalue weighted by molar-refractivity contribution is 7.89. The van der Waals surface area contributed by atoms with Crippen molar-refractivity contribution in [3.63, 3.8) is 0 Å². The number of hydrogen-bond donors (Lipinski definition) is 1. The Morgan fingerprint density at radius 1 is 1.44 bits per heavy atom. The molecule has 1 fully saturated rings. The summed E-state index contributed by atoms with van der Waals surface area (Å²) in [7, 11) is -3.13. The van der Waals surface area contributed by atoms with Crippen LogP contribution in [0.2, 0.25) is 0 Å². The third-order valence-electron chi connectivity index (χ3n) is 2.78. The Morgan fingerprint density at radius 3 is 2.62 bits per heavy atom. The molecule has 1 heterocycles. The Kier molecular flexibility index (Phi) is 2.75. The zero-order valence-electron chi connectivity index (χ0n) is 9.14. The van der Waals surface area contributed by atoms with Crippen LogP contribution in [0.1, 0.15) is 37.4 Å². The standard InChI is InChI=1S/C9H15N3O3S/c1-16(13,14)6-7-11-8(15-12-7)9(10)4-2-3-5-9/h2-6,10H2,1H3. The first-order valence-electron chi connectivity index (χ1n) is 5.19. The van der Waals surface area contributed by atoms with Crippen molar-refractivity contribution in [2.24, 2.45) is 5.73 Å². The fraction of sp³-hybridized carbons (Fsp3) is 0.778. The van der Waals surface area contributed by atoms with Crippen LogP contribution < -0.4 is 5.73 Å². The average molecular weight is 245 g/mol. The molecule has 16 heavy (non-hydrogen) atoms. The van der Waals surface area contributed by atoms with Gasteiger partial charge in [0.25, 0.3) is 0 Å². The predicted molar refractivity (Wildman–Crippen MR) is 57.2 cm³/mol. The molecule has 0 aliphatic heterocycles. The molecule has 0 atom stereocenters. The van der Waals surface area contributed by atoms with Gasteiger partial charge in [-0.1, -0.05) is 18.0 Å². The molecule has 0 bridgehead atoms. The van der Waals surface area contributed by atoms with Gasteiger partial charge in [0, 0.05) is 6.26 Å². The van der Waals surface area contributed by atoms with E-state index in [1.807, 2.05) is 0 Å². The van der Waals surface area contributed by atoms with Crippen molar-refractivity contribution < 1.29 is 12.9 Å². The van der Waals surface area contributed by atoms with E-state index in [9.17, 15) is 8.42 Å². The summed E-state index contributed by atoms with van der Waals surface area (Å²) in [5, 5.41) is 3.65. The summed E-state index contributed by atoms with van der Waals surface area (Å²) in [6, 6.07) is 0. The minimum Gasteiger partial charge on any atom is -0.337 e. The molecule has 0 spiro atoms. The summed E-state index contributed by atoms with van der Waals surface area (Å²) >= 11 is 0. The molecule has 0 aromatic carbocycles. The van der Waals surface area contributed by atoms with Gasteiger partial charge in [0.05, 0.1) is 5.54 Å². The van der Waals surface area contributed by atoms with Gasteiger partial charge in [-0.2, -0.15) is 4.98 Å². The molecular weight excluding hydrogens is 230 g/mol. The summed E-state index contributed by atoms with van der Waals surface area (Å²) in [5.41, 5.74) is 5.56. The van der Waals surface area contributed by atoms with Crippen LogP contribution in [0.3, 0.4) is 0 Å². The zero-order valence-corrected chi connectivity index (χ0v) is 9.96. The van der Waals surface area contributed by atoms with Crippen LogP contribution in [0, 0.1) is 0 Å². The lowest BCUT2D eigenvalue weighted by molar-refractivity contribution is 0.284. The van der Waals surface area contributed by atoms with Crippen LogP contribution in [-0.2, 0) is 21.1 Å². The molecule has 1 aromatic heterocycles. The Morgan fingerprint density at radius 2 is 2.06 bits per heavy atom. The van der Waals surface area contributed by atoms with Crippen molar-refractivity contribution in [2.75, 3.05) is 6.26 Å². The Bertz CT molecular complexity index is 474. The first-order chi connectivity index (χ1) is 7.39. The minimum atomic E-state index is -3.13. The summed E-state index contributed by atoms with van der Waals surface area (Å²) in [6.07, 6.45) is 4.85. The van der Waals surface area contributed by atoms with E-state index in [-0.39, 0.29) is 11.6 Å². The van der Waals surface area contributed by atoms with Crippen LogP contribution in [0.15, 0.2) is 4.52 Å². The van der Waals surface area contributed by atoms with Crippen molar-refractivity contribution in [3.05, 3.63) is 11.7 Å². The fourth-order valence-corrected chi connectivity index (χ4v) is 2.56. The van der Waals surface area contributed by atoms with Gasteiger partial charge in [-0.25, -0.2) is 8.42 Å². The molecule has 1 aromatic rings. The SMILES string of the molecule is CS(=O)(=O)Cc1noc(C2(N)CCCC2)n1. The molecule has 1 aliphatic rings. The Hall–Kier alpha value is -0.950. The molecule has 1 aliphatic carbocycles. The van der Waals surface area contributed by atoms with Gasteiger partial charge in [0.15, 0.2) is 15.7 Å². The van der Waals surface area contributed by atoms with Crippen LogP contribution in [0.4, 0.5) is 0 Å². The highest BCUT2D eigenvalue weighted by atomic mass is 32.2. The summed E-state index contributed by atoms with van der Waals surface area (Å²) in [6.45, 7) is 0. The molecule has 0 saturated heterocycles. The molecule has 0 unspecified atom stereocenters. The van der Waals surface area contributed by atoms with E-state index in [2.05, 4.69) is 10.1 Å². The monoisotopic (exact) mass is 245 g/mol. The van der Waals surface area contributed by atoms with E-state index < -0.39 is 15.4 Å². The number of rotatable bonds is 3. The van der Waals surface area contributed by atoms with Gasteiger partial charge in [-0.05, 0) is 12.8 Å². The van der Waals surface area contributed by atoms with Crippen LogP contribution >= 0.6 is 0 Å². The lowest BCUT2D eigenvalue weighted by Gasteiger charge is -2.17. The van der Waals surface area contributed by atoms with Gasteiger partial charge in [0.2, 0.25) is 5.89 Å². The molecule has 1 saturated carbocycles. The largest absolute Gasteiger partial charge is 0.337 e. The number of hydrogen-bond acceptors (Lipinski definition) is 6. The van der Waals surface area contributed by atoms with Gasteiger partial charge in [0.1, 0.15) is 5.75 Å². The molecule has 7 heteroatoms. The topological polar surface area (TPSA) is 99.1 Å². The lowest BCUT2D eigenvalue weighted by atomic mass is 10.00. The summed E-state index contributed by atoms with van der Waals surface area (Å²) < 4.78 is 27.2. The summed E-state index contributed by atoms with van der Waals surface area (Å²) in [4.78, 5) is 4.07. The minimum absolute atomic E-state index is 0.189. The number of sulfone groups is 1. The van der Waals surface area contributed by atoms with Crippen molar-refractivity contribution in [1.82, 2.24) is 10.1 Å². The van der Waals surface area contributed by atoms with Crippen LogP contribution in [0.25, 0.3) is 0 Å². The van der Waals surface area contributed by atoms with Crippen LogP contribution in [0.5, 0.6) is 0 Å². The smallest absolute Gasteiger partial charge is 0.246 e. The quantitative estimate of drug-likeness (QED) is 0.824. The summed E-state index contributed by atoms with van der Waals surface area (Å²) in [5.74, 6) is 0.352. The highest BCUT2D eigenvalue weighted by Crippen LogP contribution is 2.35. The third-order valence-corrected chi connectivity index (χ3v) is 3.56. The second-order valence-electron chi connectivity index (χ2n) is 4.45. The fourth-order valence-electron chi connectivity index (χ4n) is 1.97. The molecule has 2 rings (SSSR count). The molecule has 0 amide bonds. The molecule has 90 valence electrons. The molecular formula is C9H15N3O3S. The normalized spacial score (nSPS) is 20.1. The second kappa shape index (κ2) is 3.81. The van der Waals surface area contributed by atoms with E-state index in [1.54, 1.807) is 0 Å². The number of aromatic nitrogens is 2. The molecule has 6 nitrogen and oxygen atoms in total. The number of nitrogens with two attached hydrogens (primary N) is 1. The van der Waals surface area contributed by atoms with Crippen molar-refractivity contribution in [1.29, 1.82) is 0 Å². The third kappa shape index (κ3) is 2.41. The highest BCUT2D eigenvalue weighted by Gasteiger charge is 2.36. The van der Waals surface area contributed by atoms with E-state index in [1.165, 1.54) is 0 Å². The Labute approximate surface area is 94.1 Å². The lowest BCUT2D eigenvalue weighted by Crippen LogP contribution is -2.33. The van der Waals surface area contributed by atoms with Crippen molar-refractivity contribution in [3.8, 4) is 0 Å². The number of nitrogens with zero attached hydrogens (tertiary/aromatic N) is 2. The first kappa shape index (κ1) is 11.5. The molecule has 0 radical (unpaired) electrons. The van der Waals surface area contributed by atoms with Crippen LogP contribution in [-0.4, -0.2) is 24.8 Å². The van der Waals surface area contributed by atoms with E-state index in [4.69, 9.17) is 10.3 Å². The first-order valence-corrected chi connectivity index (χ1v) is 7.25. The van der Waals surface area contributed by atoms with Gasteiger partial charge >= 0.3 is 0 Å². The van der Waals surface area contributed by atoms with E-state index in [0.717, 1.165) is 31.9 Å². The molecule has 2 N–H and O–H groups in total. The van der Waals surface area contributed by atoms with E-state index >= 15 is 0 Å². The van der Waals surface area contributed by atoms with Crippen molar-refractivity contribution in [2.45, 2.75) is 37.0 Å². The maximum absolute atomic E-state index is 11.1. The average Bonchev–Trinajstić information content (AvgIpc) is 2.72. The maximum Gasteiger partial charge on any atom is 0.246 e. The second-order valence-corrected chi connectivity index (χ2v) is 6.59. The van der Waals surface area contributed by atoms with Gasteiger partial charge in [-0.3, -0.25) is 0 Å². The predicted octanol–water partition coefficient (Wildman–Crippen LogP) is 0.342. The maximum atomic E-state index is 11.1. The van der Waals surface area contributed by atoms with Gasteiger partial charge < -0.3 is 10.3 Å². The van der Waals surface area contributed by atoms with Crippen molar-refractivity contribution >= 4 is 9.84 Å². The van der Waals surface area contributed by atoms with Gasteiger partial charge in [-0.15, -0.1) is 0 Å². The zero-order chi connectivity index (χ0) is 11.8.